The van der Waals surface area contributed by atoms with Gasteiger partial charge in [-0.05, 0) is 50.2 Å². The highest BCUT2D eigenvalue weighted by atomic mass is 35.5. The van der Waals surface area contributed by atoms with E-state index in [1.807, 2.05) is 31.2 Å². The van der Waals surface area contributed by atoms with Crippen LogP contribution < -0.4 is 5.32 Å². The Kier molecular flexibility index (Phi) is 6.58. The number of nitrogens with one attached hydrogen (secondary N) is 1. The van der Waals surface area contributed by atoms with Crippen molar-refractivity contribution in [1.82, 2.24) is 5.32 Å². The van der Waals surface area contributed by atoms with Gasteiger partial charge < -0.3 is 14.5 Å². The molecule has 3 nitrogen and oxygen atoms in total. The second-order valence-electron chi connectivity index (χ2n) is 4.65. The fourth-order valence-electron chi connectivity index (χ4n) is 1.98. The molecule has 114 valence electrons. The second kappa shape index (κ2) is 8.44. The lowest BCUT2D eigenvalue weighted by molar-refractivity contribution is 0.144. The third-order valence-corrected chi connectivity index (χ3v) is 3.39. The topological polar surface area (TPSA) is 34.4 Å². The monoisotopic (exact) mass is 327 g/mol. The predicted molar refractivity (Wildman–Crippen MR) is 87.0 cm³/mol. The molecule has 0 saturated carbocycles. The molecule has 5 heteroatoms. The minimum Gasteiger partial charge on any atom is -0.460 e. The van der Waals surface area contributed by atoms with Gasteiger partial charge in [-0.1, -0.05) is 23.2 Å². The largest absolute Gasteiger partial charge is 0.460 e. The molecular formula is C16H19Cl2NO2. The molecule has 1 aromatic heterocycles. The van der Waals surface area contributed by atoms with E-state index in [0.29, 0.717) is 16.6 Å². The molecule has 1 aromatic carbocycles. The maximum atomic E-state index is 6.00. The zero-order valence-corrected chi connectivity index (χ0v) is 13.5. The summed E-state index contributed by atoms with van der Waals surface area (Å²) in [5.74, 6) is 1.66. The maximum Gasteiger partial charge on any atom is 0.134 e. The van der Waals surface area contributed by atoms with E-state index in [-0.39, 0.29) is 0 Å². The molecule has 0 amide bonds. The van der Waals surface area contributed by atoms with E-state index in [2.05, 4.69) is 5.32 Å². The number of furan rings is 1. The van der Waals surface area contributed by atoms with Crippen LogP contribution in [0.1, 0.15) is 19.1 Å². The van der Waals surface area contributed by atoms with Crippen LogP contribution in [0.5, 0.6) is 0 Å². The molecule has 1 heterocycles. The van der Waals surface area contributed by atoms with Crippen molar-refractivity contribution in [2.75, 3.05) is 19.8 Å². The van der Waals surface area contributed by atoms with E-state index in [4.69, 9.17) is 32.4 Å². The molecule has 2 aromatic rings. The van der Waals surface area contributed by atoms with Crippen LogP contribution in [0.15, 0.2) is 34.7 Å². The highest BCUT2D eigenvalue weighted by molar-refractivity contribution is 6.35. The van der Waals surface area contributed by atoms with Crippen LogP contribution in [0.2, 0.25) is 10.0 Å². The molecule has 0 aliphatic heterocycles. The van der Waals surface area contributed by atoms with Crippen molar-refractivity contribution in [1.29, 1.82) is 0 Å². The van der Waals surface area contributed by atoms with E-state index in [9.17, 15) is 0 Å². The minimum absolute atomic E-state index is 0.601. The molecule has 0 atom stereocenters. The number of benzene rings is 1. The molecule has 0 fully saturated rings. The summed E-state index contributed by atoms with van der Waals surface area (Å²) in [6, 6.07) is 9.27. The average Bonchev–Trinajstić information content (AvgIpc) is 2.90. The van der Waals surface area contributed by atoms with Gasteiger partial charge in [0.25, 0.3) is 0 Å². The van der Waals surface area contributed by atoms with Crippen LogP contribution in [0, 0.1) is 0 Å². The lowest BCUT2D eigenvalue weighted by atomic mass is 10.2. The first-order valence-electron chi connectivity index (χ1n) is 7.02. The molecule has 0 radical (unpaired) electrons. The summed E-state index contributed by atoms with van der Waals surface area (Å²) in [5.41, 5.74) is 0.884. The summed E-state index contributed by atoms with van der Waals surface area (Å²) in [6.45, 7) is 5.15. The Bertz CT molecular complexity index is 549. The van der Waals surface area contributed by atoms with Crippen LogP contribution in [-0.4, -0.2) is 19.8 Å². The van der Waals surface area contributed by atoms with Gasteiger partial charge >= 0.3 is 0 Å². The molecule has 0 aliphatic carbocycles. The van der Waals surface area contributed by atoms with E-state index >= 15 is 0 Å². The number of hydrogen-bond donors (Lipinski definition) is 1. The van der Waals surface area contributed by atoms with Gasteiger partial charge in [0.1, 0.15) is 11.5 Å². The summed E-state index contributed by atoms with van der Waals surface area (Å²) in [7, 11) is 0. The molecule has 0 unspecified atom stereocenters. The molecular weight excluding hydrogens is 309 g/mol. The normalized spacial score (nSPS) is 11.0. The van der Waals surface area contributed by atoms with E-state index in [1.165, 1.54) is 0 Å². The Morgan fingerprint density at radius 2 is 1.90 bits per heavy atom. The fourth-order valence-corrected chi connectivity index (χ4v) is 2.51. The van der Waals surface area contributed by atoms with Crippen LogP contribution in [0.25, 0.3) is 11.3 Å². The first-order valence-corrected chi connectivity index (χ1v) is 7.78. The summed E-state index contributed by atoms with van der Waals surface area (Å²) >= 11 is 12.0. The van der Waals surface area contributed by atoms with E-state index in [0.717, 1.165) is 43.3 Å². The van der Waals surface area contributed by atoms with Gasteiger partial charge in [-0.2, -0.15) is 0 Å². The molecule has 0 bridgehead atoms. The Labute approximate surface area is 135 Å². The van der Waals surface area contributed by atoms with Gasteiger partial charge in [0, 0.05) is 28.8 Å². The first-order chi connectivity index (χ1) is 10.2. The zero-order chi connectivity index (χ0) is 15.1. The zero-order valence-electron chi connectivity index (χ0n) is 12.0. The van der Waals surface area contributed by atoms with Gasteiger partial charge in [0.15, 0.2) is 0 Å². The third kappa shape index (κ3) is 5.36. The quantitative estimate of drug-likeness (QED) is 0.709. The third-order valence-electron chi connectivity index (χ3n) is 2.95. The van der Waals surface area contributed by atoms with Crippen molar-refractivity contribution in [3.63, 3.8) is 0 Å². The summed E-state index contributed by atoms with van der Waals surface area (Å²) in [4.78, 5) is 0. The van der Waals surface area contributed by atoms with Gasteiger partial charge in [-0.15, -0.1) is 0 Å². The van der Waals surface area contributed by atoms with Crippen molar-refractivity contribution >= 4 is 23.2 Å². The van der Waals surface area contributed by atoms with E-state index < -0.39 is 0 Å². The number of ether oxygens (including phenoxy) is 1. The van der Waals surface area contributed by atoms with Crippen LogP contribution >= 0.6 is 23.2 Å². The van der Waals surface area contributed by atoms with Crippen molar-refractivity contribution in [3.05, 3.63) is 46.1 Å². The Morgan fingerprint density at radius 3 is 2.62 bits per heavy atom. The Balaban J connectivity index is 1.86. The lowest BCUT2D eigenvalue weighted by Crippen LogP contribution is -2.15. The molecule has 0 saturated heterocycles. The fraction of sp³-hybridized carbons (Fsp3) is 0.375. The van der Waals surface area contributed by atoms with Crippen LogP contribution in [0.4, 0.5) is 0 Å². The molecule has 2 rings (SSSR count). The van der Waals surface area contributed by atoms with Crippen molar-refractivity contribution in [2.45, 2.75) is 19.9 Å². The first kappa shape index (κ1) is 16.4. The lowest BCUT2D eigenvalue weighted by Gasteiger charge is -2.03. The summed E-state index contributed by atoms with van der Waals surface area (Å²) < 4.78 is 11.1. The Morgan fingerprint density at radius 1 is 1.14 bits per heavy atom. The number of halogens is 2. The summed E-state index contributed by atoms with van der Waals surface area (Å²) in [6.07, 6.45) is 0.991. The number of rotatable bonds is 8. The maximum absolute atomic E-state index is 6.00. The van der Waals surface area contributed by atoms with Gasteiger partial charge in [-0.3, -0.25) is 0 Å². The van der Waals surface area contributed by atoms with E-state index in [1.54, 1.807) is 6.07 Å². The predicted octanol–water partition coefficient (Wildman–Crippen LogP) is 4.77. The van der Waals surface area contributed by atoms with Gasteiger partial charge in [0.2, 0.25) is 0 Å². The molecule has 0 aliphatic rings. The van der Waals surface area contributed by atoms with Crippen molar-refractivity contribution in [3.8, 4) is 11.3 Å². The van der Waals surface area contributed by atoms with Crippen molar-refractivity contribution in [2.24, 2.45) is 0 Å². The Hall–Kier alpha value is -1.00. The standard InChI is InChI=1S/C16H19Cl2NO2/c1-2-20-7-3-6-19-11-15-4-5-16(21-15)12-8-13(17)10-14(18)9-12/h4-5,8-10,19H,2-3,6-7,11H2,1H3. The number of hydrogen-bond acceptors (Lipinski definition) is 3. The smallest absolute Gasteiger partial charge is 0.134 e. The minimum atomic E-state index is 0.601. The molecule has 1 N–H and O–H groups in total. The van der Waals surface area contributed by atoms with Crippen LogP contribution in [-0.2, 0) is 11.3 Å². The van der Waals surface area contributed by atoms with Crippen LogP contribution in [0.3, 0.4) is 0 Å². The van der Waals surface area contributed by atoms with Crippen molar-refractivity contribution < 1.29 is 9.15 Å². The molecule has 21 heavy (non-hydrogen) atoms. The highest BCUT2D eigenvalue weighted by Gasteiger charge is 2.06. The molecule has 0 spiro atoms. The van der Waals surface area contributed by atoms with Gasteiger partial charge in [-0.25, -0.2) is 0 Å². The second-order valence-corrected chi connectivity index (χ2v) is 5.52. The average molecular weight is 328 g/mol. The SMILES string of the molecule is CCOCCCNCc1ccc(-c2cc(Cl)cc(Cl)c2)o1. The van der Waals surface area contributed by atoms with Gasteiger partial charge in [0.05, 0.1) is 6.54 Å². The summed E-state index contributed by atoms with van der Waals surface area (Å²) in [5, 5.41) is 4.53. The highest BCUT2D eigenvalue weighted by Crippen LogP contribution is 2.28.